The van der Waals surface area contributed by atoms with Crippen molar-refractivity contribution in [3.63, 3.8) is 0 Å². The Morgan fingerprint density at radius 3 is 2.41 bits per heavy atom. The van der Waals surface area contributed by atoms with Crippen LogP contribution in [0.1, 0.15) is 12.5 Å². The van der Waals surface area contributed by atoms with E-state index in [0.29, 0.717) is 21.6 Å². The molecule has 0 aliphatic heterocycles. The van der Waals surface area contributed by atoms with Gasteiger partial charge in [-0.3, -0.25) is 4.79 Å². The molecular formula is C24H24ClN3O2S2. The number of rotatable bonds is 7. The molecule has 5 nitrogen and oxygen atoms in total. The number of para-hydroxylation sites is 1. The number of hydrogen-bond acceptors (Lipinski definition) is 4. The zero-order chi connectivity index (χ0) is 23.1. The molecule has 3 aromatic rings. The number of benzene rings is 3. The highest BCUT2D eigenvalue weighted by atomic mass is 35.5. The normalized spacial score (nSPS) is 11.4. The van der Waals surface area contributed by atoms with Crippen LogP contribution in [0.2, 0.25) is 5.02 Å². The van der Waals surface area contributed by atoms with Crippen molar-refractivity contribution >= 4 is 63.7 Å². The fourth-order valence-corrected chi connectivity index (χ4v) is 4.20. The van der Waals surface area contributed by atoms with Crippen molar-refractivity contribution in [2.24, 2.45) is 0 Å². The van der Waals surface area contributed by atoms with Crippen molar-refractivity contribution in [2.45, 2.75) is 24.0 Å². The number of carbonyl (C=O) groups is 1. The van der Waals surface area contributed by atoms with Crippen LogP contribution in [0.25, 0.3) is 0 Å². The first kappa shape index (κ1) is 23.9. The number of aryl methyl sites for hydroxylation is 1. The third kappa shape index (κ3) is 6.63. The molecule has 1 amide bonds. The molecule has 0 aliphatic rings. The van der Waals surface area contributed by atoms with Gasteiger partial charge >= 0.3 is 0 Å². The molecule has 0 saturated heterocycles. The van der Waals surface area contributed by atoms with E-state index < -0.39 is 0 Å². The predicted molar refractivity (Wildman–Crippen MR) is 139 cm³/mol. The maximum absolute atomic E-state index is 12.8. The number of halogens is 1. The van der Waals surface area contributed by atoms with Crippen molar-refractivity contribution in [2.75, 3.05) is 23.1 Å². The molecule has 1 unspecified atom stereocenters. The molecule has 8 heteroatoms. The summed E-state index contributed by atoms with van der Waals surface area (Å²) in [5, 5.41) is 10.0. The summed E-state index contributed by atoms with van der Waals surface area (Å²) in [6, 6.07) is 21.0. The summed E-state index contributed by atoms with van der Waals surface area (Å²) >= 11 is 13.0. The van der Waals surface area contributed by atoms with Gasteiger partial charge in [0.15, 0.2) is 5.11 Å². The molecule has 0 aromatic heterocycles. The van der Waals surface area contributed by atoms with E-state index >= 15 is 0 Å². The number of hydrogen-bond donors (Lipinski definition) is 3. The minimum absolute atomic E-state index is 0.130. The van der Waals surface area contributed by atoms with Crippen LogP contribution >= 0.6 is 35.6 Å². The van der Waals surface area contributed by atoms with Gasteiger partial charge in [-0.2, -0.15) is 0 Å². The Kier molecular flexibility index (Phi) is 8.39. The van der Waals surface area contributed by atoms with Crippen molar-refractivity contribution in [1.29, 1.82) is 0 Å². The van der Waals surface area contributed by atoms with E-state index in [2.05, 4.69) is 16.0 Å². The van der Waals surface area contributed by atoms with Gasteiger partial charge in [-0.1, -0.05) is 35.9 Å². The van der Waals surface area contributed by atoms with Crippen molar-refractivity contribution in [3.8, 4) is 5.75 Å². The Labute approximate surface area is 202 Å². The first-order chi connectivity index (χ1) is 15.4. The average molecular weight is 486 g/mol. The fourth-order valence-electron chi connectivity index (χ4n) is 2.88. The number of methoxy groups -OCH3 is 1. The van der Waals surface area contributed by atoms with Crippen LogP contribution in [-0.2, 0) is 4.79 Å². The highest BCUT2D eigenvalue weighted by Gasteiger charge is 2.17. The van der Waals surface area contributed by atoms with Crippen LogP contribution in [0, 0.1) is 6.92 Å². The number of amides is 1. The zero-order valence-corrected chi connectivity index (χ0v) is 20.3. The molecule has 0 bridgehead atoms. The summed E-state index contributed by atoms with van der Waals surface area (Å²) in [5.41, 5.74) is 3.21. The number of thioether (sulfide) groups is 1. The largest absolute Gasteiger partial charge is 0.495 e. The van der Waals surface area contributed by atoms with Gasteiger partial charge in [0.1, 0.15) is 5.75 Å². The molecule has 0 aliphatic carbocycles. The molecule has 3 aromatic carbocycles. The Balaban J connectivity index is 1.61. The Morgan fingerprint density at radius 2 is 1.69 bits per heavy atom. The second-order valence-electron chi connectivity index (χ2n) is 7.02. The third-order valence-electron chi connectivity index (χ3n) is 4.54. The number of ether oxygens (including phenoxy) is 1. The SMILES string of the molecule is COc1cc(Cl)c(C)cc1NC(=O)C(C)Sc1cccc(NC(=S)Nc2ccccc2)c1. The lowest BCUT2D eigenvalue weighted by molar-refractivity contribution is -0.115. The van der Waals surface area contributed by atoms with Gasteiger partial charge in [0.2, 0.25) is 5.91 Å². The van der Waals surface area contributed by atoms with Gasteiger partial charge in [-0.05, 0) is 68.0 Å². The fraction of sp³-hybridized carbons (Fsp3) is 0.167. The molecule has 1 atom stereocenters. The van der Waals surface area contributed by atoms with Crippen LogP contribution in [0.15, 0.2) is 71.6 Å². The highest BCUT2D eigenvalue weighted by molar-refractivity contribution is 8.00. The van der Waals surface area contributed by atoms with Crippen molar-refractivity contribution < 1.29 is 9.53 Å². The van der Waals surface area contributed by atoms with E-state index in [1.807, 2.05) is 74.5 Å². The van der Waals surface area contributed by atoms with Gasteiger partial charge < -0.3 is 20.7 Å². The molecule has 32 heavy (non-hydrogen) atoms. The van der Waals surface area contributed by atoms with E-state index in [1.54, 1.807) is 13.2 Å². The molecule has 0 saturated carbocycles. The standard InChI is InChI=1S/C24H24ClN3O2S2/c1-15-12-21(22(30-3)14-20(15)25)28-23(29)16(2)32-19-11-7-10-18(13-19)27-24(31)26-17-8-5-4-6-9-17/h4-14,16H,1-3H3,(H,28,29)(H2,26,27,31). The van der Waals surface area contributed by atoms with Gasteiger partial charge in [0, 0.05) is 27.4 Å². The molecule has 0 fully saturated rings. The van der Waals surface area contributed by atoms with Gasteiger partial charge in [-0.15, -0.1) is 11.8 Å². The topological polar surface area (TPSA) is 62.4 Å². The van der Waals surface area contributed by atoms with E-state index in [9.17, 15) is 4.79 Å². The molecule has 3 N–H and O–H groups in total. The third-order valence-corrected chi connectivity index (χ3v) is 6.25. The van der Waals surface area contributed by atoms with E-state index in [4.69, 9.17) is 28.6 Å². The average Bonchev–Trinajstić information content (AvgIpc) is 2.76. The summed E-state index contributed by atoms with van der Waals surface area (Å²) in [7, 11) is 1.55. The maximum atomic E-state index is 12.8. The highest BCUT2D eigenvalue weighted by Crippen LogP contribution is 2.32. The van der Waals surface area contributed by atoms with E-state index in [0.717, 1.165) is 21.8 Å². The second-order valence-corrected chi connectivity index (χ2v) is 9.25. The summed E-state index contributed by atoms with van der Waals surface area (Å²) in [6.45, 7) is 3.74. The minimum atomic E-state index is -0.333. The van der Waals surface area contributed by atoms with Crippen LogP contribution in [0.3, 0.4) is 0 Å². The lowest BCUT2D eigenvalue weighted by Crippen LogP contribution is -2.23. The maximum Gasteiger partial charge on any atom is 0.237 e. The van der Waals surface area contributed by atoms with Crippen LogP contribution in [0.5, 0.6) is 5.75 Å². The Bertz CT molecular complexity index is 1110. The number of carbonyl (C=O) groups excluding carboxylic acids is 1. The van der Waals surface area contributed by atoms with Crippen molar-refractivity contribution in [3.05, 3.63) is 77.3 Å². The first-order valence-corrected chi connectivity index (χ1v) is 11.6. The summed E-state index contributed by atoms with van der Waals surface area (Å²) in [6.07, 6.45) is 0. The van der Waals surface area contributed by atoms with Crippen LogP contribution in [-0.4, -0.2) is 23.4 Å². The predicted octanol–water partition coefficient (Wildman–Crippen LogP) is 6.59. The first-order valence-electron chi connectivity index (χ1n) is 9.90. The van der Waals surface area contributed by atoms with Gasteiger partial charge in [0.05, 0.1) is 18.0 Å². The Morgan fingerprint density at radius 1 is 1.00 bits per heavy atom. The number of thiocarbonyl (C=S) groups is 1. The quantitative estimate of drug-likeness (QED) is 0.259. The van der Waals surface area contributed by atoms with Crippen LogP contribution < -0.4 is 20.7 Å². The zero-order valence-electron chi connectivity index (χ0n) is 17.9. The summed E-state index contributed by atoms with van der Waals surface area (Å²) in [4.78, 5) is 13.7. The minimum Gasteiger partial charge on any atom is -0.495 e. The van der Waals surface area contributed by atoms with E-state index in [1.165, 1.54) is 11.8 Å². The smallest absolute Gasteiger partial charge is 0.237 e. The molecule has 0 heterocycles. The molecule has 3 rings (SSSR count). The molecule has 166 valence electrons. The monoisotopic (exact) mass is 485 g/mol. The van der Waals surface area contributed by atoms with Gasteiger partial charge in [0.25, 0.3) is 0 Å². The lowest BCUT2D eigenvalue weighted by Gasteiger charge is -2.16. The summed E-state index contributed by atoms with van der Waals surface area (Å²) < 4.78 is 5.34. The Hall–Kier alpha value is -2.74. The van der Waals surface area contributed by atoms with Crippen LogP contribution in [0.4, 0.5) is 17.1 Å². The lowest BCUT2D eigenvalue weighted by atomic mass is 10.2. The van der Waals surface area contributed by atoms with E-state index in [-0.39, 0.29) is 11.2 Å². The molecule has 0 spiro atoms. The molecule has 0 radical (unpaired) electrons. The number of anilines is 3. The molecular weight excluding hydrogens is 462 g/mol. The van der Waals surface area contributed by atoms with Gasteiger partial charge in [-0.25, -0.2) is 0 Å². The number of nitrogens with one attached hydrogen (secondary N) is 3. The summed E-state index contributed by atoms with van der Waals surface area (Å²) in [5.74, 6) is 0.395. The second kappa shape index (κ2) is 11.2. The van der Waals surface area contributed by atoms with Crippen molar-refractivity contribution in [1.82, 2.24) is 0 Å².